The zero-order chi connectivity index (χ0) is 23.2. The van der Waals surface area contributed by atoms with Gasteiger partial charge in [-0.2, -0.15) is 0 Å². The van der Waals surface area contributed by atoms with Crippen molar-refractivity contribution in [2.75, 3.05) is 0 Å². The number of hydrogen-bond donors (Lipinski definition) is 0. The van der Waals surface area contributed by atoms with Crippen molar-refractivity contribution >= 4 is 10.8 Å². The molecule has 0 saturated heterocycles. The quantitative estimate of drug-likeness (QED) is 0.227. The Kier molecular flexibility index (Phi) is 7.10. The van der Waals surface area contributed by atoms with Crippen molar-refractivity contribution in [3.8, 4) is 11.8 Å². The van der Waals surface area contributed by atoms with Gasteiger partial charge in [-0.3, -0.25) is 4.98 Å². The first kappa shape index (κ1) is 22.6. The summed E-state index contributed by atoms with van der Waals surface area (Å²) in [6, 6.07) is 17.9. The number of fused-ring (bicyclic) bond motifs is 1. The summed E-state index contributed by atoms with van der Waals surface area (Å²) in [5.74, 6) is 2.23. The van der Waals surface area contributed by atoms with Crippen molar-refractivity contribution in [2.24, 2.45) is 0 Å². The van der Waals surface area contributed by atoms with E-state index in [4.69, 9.17) is 0 Å². The van der Waals surface area contributed by atoms with Crippen molar-refractivity contribution < 1.29 is 13.2 Å². The number of benzene rings is 3. The van der Waals surface area contributed by atoms with Crippen LogP contribution in [0.3, 0.4) is 0 Å². The minimum Gasteiger partial charge on any atom is -0.261 e. The van der Waals surface area contributed by atoms with Crippen LogP contribution in [0.15, 0.2) is 66.9 Å². The summed E-state index contributed by atoms with van der Waals surface area (Å²) in [6.45, 7) is 2.19. The highest BCUT2D eigenvalue weighted by atomic mass is 19.2. The van der Waals surface area contributed by atoms with Crippen LogP contribution >= 0.6 is 0 Å². The van der Waals surface area contributed by atoms with E-state index in [0.29, 0.717) is 5.56 Å². The molecular weight excluding hydrogens is 419 g/mol. The number of unbranched alkanes of at least 4 members (excludes halogenated alkanes) is 1. The van der Waals surface area contributed by atoms with E-state index in [-0.39, 0.29) is 10.8 Å². The Morgan fingerprint density at radius 2 is 1.45 bits per heavy atom. The Labute approximate surface area is 192 Å². The van der Waals surface area contributed by atoms with Gasteiger partial charge in [0.1, 0.15) is 0 Å². The molecule has 1 aromatic heterocycles. The Morgan fingerprint density at radius 1 is 0.727 bits per heavy atom. The molecule has 0 atom stereocenters. The number of aromatic nitrogens is 1. The fourth-order valence-electron chi connectivity index (χ4n) is 3.69. The topological polar surface area (TPSA) is 12.9 Å². The zero-order valence-electron chi connectivity index (χ0n) is 18.5. The maximum absolute atomic E-state index is 13.9. The number of rotatable bonds is 6. The third-order valence-corrected chi connectivity index (χ3v) is 5.65. The Balaban J connectivity index is 1.40. The lowest BCUT2D eigenvalue weighted by atomic mass is 10.0. The molecule has 0 saturated carbocycles. The van der Waals surface area contributed by atoms with E-state index in [9.17, 15) is 13.2 Å². The van der Waals surface area contributed by atoms with Gasteiger partial charge in [-0.15, -0.1) is 0 Å². The van der Waals surface area contributed by atoms with Crippen molar-refractivity contribution in [3.05, 3.63) is 112 Å². The minimum atomic E-state index is -1.46. The van der Waals surface area contributed by atoms with Gasteiger partial charge in [0, 0.05) is 28.4 Å². The third-order valence-electron chi connectivity index (χ3n) is 5.65. The van der Waals surface area contributed by atoms with Gasteiger partial charge in [-0.25, -0.2) is 13.2 Å². The smallest absolute Gasteiger partial charge is 0.195 e. The van der Waals surface area contributed by atoms with Crippen LogP contribution in [0.4, 0.5) is 13.2 Å². The number of nitrogens with zero attached hydrogens (tertiary/aromatic N) is 1. The van der Waals surface area contributed by atoms with Crippen molar-refractivity contribution in [3.63, 3.8) is 0 Å². The molecule has 0 unspecified atom stereocenters. The molecule has 0 aliphatic carbocycles. The molecule has 4 heteroatoms. The van der Waals surface area contributed by atoms with Crippen LogP contribution in [0, 0.1) is 29.3 Å². The summed E-state index contributed by atoms with van der Waals surface area (Å²) >= 11 is 0. The predicted molar refractivity (Wildman–Crippen MR) is 127 cm³/mol. The number of hydrogen-bond acceptors (Lipinski definition) is 1. The second kappa shape index (κ2) is 10.4. The van der Waals surface area contributed by atoms with Crippen LogP contribution in [-0.2, 0) is 19.3 Å². The lowest BCUT2D eigenvalue weighted by molar-refractivity contribution is 0.453. The molecule has 0 spiro atoms. The summed E-state index contributed by atoms with van der Waals surface area (Å²) in [7, 11) is 0. The summed E-state index contributed by atoms with van der Waals surface area (Å²) in [5, 5.41) is 0.314. The first-order valence-corrected chi connectivity index (χ1v) is 11.2. The molecule has 0 radical (unpaired) electrons. The largest absolute Gasteiger partial charge is 0.261 e. The van der Waals surface area contributed by atoms with Gasteiger partial charge in [-0.05, 0) is 78.6 Å². The summed E-state index contributed by atoms with van der Waals surface area (Å²) in [6.07, 6.45) is 7.21. The van der Waals surface area contributed by atoms with Crippen LogP contribution in [0.1, 0.15) is 47.7 Å². The fourth-order valence-corrected chi connectivity index (χ4v) is 3.69. The van der Waals surface area contributed by atoms with E-state index in [1.54, 1.807) is 12.1 Å². The molecule has 1 nitrogen and oxygen atoms in total. The summed E-state index contributed by atoms with van der Waals surface area (Å²) < 4.78 is 40.8. The molecule has 0 aliphatic heterocycles. The molecule has 33 heavy (non-hydrogen) atoms. The molecule has 0 aliphatic rings. The van der Waals surface area contributed by atoms with Gasteiger partial charge >= 0.3 is 0 Å². The van der Waals surface area contributed by atoms with Crippen LogP contribution in [0.5, 0.6) is 0 Å². The lowest BCUT2D eigenvalue weighted by Gasteiger charge is -2.04. The second-order valence-electron chi connectivity index (χ2n) is 8.13. The van der Waals surface area contributed by atoms with Gasteiger partial charge in [0.05, 0.1) is 0 Å². The van der Waals surface area contributed by atoms with E-state index in [1.807, 2.05) is 30.5 Å². The van der Waals surface area contributed by atoms with Gasteiger partial charge in [0.2, 0.25) is 0 Å². The zero-order valence-corrected chi connectivity index (χ0v) is 18.5. The Bertz CT molecular complexity index is 1310. The van der Waals surface area contributed by atoms with Crippen molar-refractivity contribution in [1.29, 1.82) is 0 Å². The Hall–Kier alpha value is -3.58. The number of pyridine rings is 1. The standard InChI is InChI=1S/C29H24F3N/c1-2-3-4-23-12-15-25(33-19-23)14-11-21-7-5-20(6-8-21)9-10-22-13-16-26-24(17-22)18-27(30)29(32)28(26)31/h5-8,12-13,15-19H,2-4,11,14H2,1H3. The number of aryl methyl sites for hydroxylation is 3. The normalized spacial score (nSPS) is 10.8. The average Bonchev–Trinajstić information content (AvgIpc) is 2.84. The van der Waals surface area contributed by atoms with E-state index in [0.717, 1.165) is 36.6 Å². The van der Waals surface area contributed by atoms with Crippen molar-refractivity contribution in [1.82, 2.24) is 4.98 Å². The third kappa shape index (κ3) is 5.62. The second-order valence-corrected chi connectivity index (χ2v) is 8.13. The van der Waals surface area contributed by atoms with Crippen LogP contribution in [0.2, 0.25) is 0 Å². The van der Waals surface area contributed by atoms with E-state index < -0.39 is 17.5 Å². The van der Waals surface area contributed by atoms with Gasteiger partial charge in [-0.1, -0.05) is 49.5 Å². The molecule has 166 valence electrons. The Morgan fingerprint density at radius 3 is 2.18 bits per heavy atom. The highest BCUT2D eigenvalue weighted by Gasteiger charge is 2.13. The van der Waals surface area contributed by atoms with E-state index in [2.05, 4.69) is 35.9 Å². The van der Waals surface area contributed by atoms with Gasteiger partial charge < -0.3 is 0 Å². The maximum atomic E-state index is 13.9. The average molecular weight is 444 g/mol. The first-order chi connectivity index (χ1) is 16.0. The highest BCUT2D eigenvalue weighted by molar-refractivity contribution is 5.84. The molecule has 4 rings (SSSR count). The van der Waals surface area contributed by atoms with E-state index in [1.165, 1.54) is 30.0 Å². The highest BCUT2D eigenvalue weighted by Crippen LogP contribution is 2.24. The fraction of sp³-hybridized carbons (Fsp3) is 0.207. The SMILES string of the molecule is CCCCc1ccc(CCc2ccc(C#Cc3ccc4c(F)c(F)c(F)cc4c3)cc2)nc1. The first-order valence-electron chi connectivity index (χ1n) is 11.2. The van der Waals surface area contributed by atoms with E-state index >= 15 is 0 Å². The monoisotopic (exact) mass is 443 g/mol. The molecule has 0 amide bonds. The summed E-state index contributed by atoms with van der Waals surface area (Å²) in [5.41, 5.74) is 5.02. The number of halogens is 3. The van der Waals surface area contributed by atoms with Gasteiger partial charge in [0.25, 0.3) is 0 Å². The molecular formula is C29H24F3N. The van der Waals surface area contributed by atoms with Crippen LogP contribution < -0.4 is 0 Å². The maximum Gasteiger partial charge on any atom is 0.195 e. The van der Waals surface area contributed by atoms with Crippen LogP contribution in [0.25, 0.3) is 10.8 Å². The molecule has 0 bridgehead atoms. The molecule has 0 fully saturated rings. The molecule has 4 aromatic rings. The minimum absolute atomic E-state index is 0.0360. The lowest BCUT2D eigenvalue weighted by Crippen LogP contribution is -1.96. The summed E-state index contributed by atoms with van der Waals surface area (Å²) in [4.78, 5) is 4.57. The molecule has 3 aromatic carbocycles. The molecule has 0 N–H and O–H groups in total. The van der Waals surface area contributed by atoms with Crippen molar-refractivity contribution in [2.45, 2.75) is 39.0 Å². The molecule has 1 heterocycles. The van der Waals surface area contributed by atoms with Crippen LogP contribution in [-0.4, -0.2) is 4.98 Å². The van der Waals surface area contributed by atoms with Gasteiger partial charge in [0.15, 0.2) is 17.5 Å². The predicted octanol–water partition coefficient (Wildman–Crippen LogP) is 7.18.